The Kier molecular flexibility index (Phi) is 8.11. The van der Waals surface area contributed by atoms with Crippen LogP contribution in [-0.4, -0.2) is 39.4 Å². The highest BCUT2D eigenvalue weighted by molar-refractivity contribution is 7.85. The highest BCUT2D eigenvalue weighted by atomic mass is 32.2. The number of azo groups is 3. The van der Waals surface area contributed by atoms with E-state index in [1.807, 2.05) is 0 Å². The summed E-state index contributed by atoms with van der Waals surface area (Å²) >= 11 is 0. The van der Waals surface area contributed by atoms with Crippen molar-refractivity contribution in [1.82, 2.24) is 0 Å². The van der Waals surface area contributed by atoms with Crippen molar-refractivity contribution in [3.63, 3.8) is 0 Å². The highest BCUT2D eigenvalue weighted by Gasteiger charge is 2.13. The summed E-state index contributed by atoms with van der Waals surface area (Å²) in [6, 6.07) is 15.6. The van der Waals surface area contributed by atoms with Gasteiger partial charge in [-0.25, -0.2) is 4.79 Å². The fourth-order valence-corrected chi connectivity index (χ4v) is 3.77. The predicted octanol–water partition coefficient (Wildman–Crippen LogP) is 7.30. The molecule has 41 heavy (non-hydrogen) atoms. The molecule has 15 heteroatoms. The molecule has 0 aliphatic rings. The van der Waals surface area contributed by atoms with Gasteiger partial charge in [-0.3, -0.25) is 4.55 Å². The van der Waals surface area contributed by atoms with Crippen molar-refractivity contribution in [2.75, 3.05) is 0 Å². The van der Waals surface area contributed by atoms with Crippen molar-refractivity contribution in [1.29, 1.82) is 0 Å². The molecular formula is C26H20N6O8S. The van der Waals surface area contributed by atoms with E-state index < -0.39 is 27.6 Å². The summed E-state index contributed by atoms with van der Waals surface area (Å²) < 4.78 is 31.3. The average Bonchev–Trinajstić information content (AvgIpc) is 2.92. The zero-order valence-corrected chi connectivity index (χ0v) is 21.8. The number of phenols is 3. The van der Waals surface area contributed by atoms with Crippen molar-refractivity contribution in [2.45, 2.75) is 11.8 Å². The number of hydrogen-bond acceptors (Lipinski definition) is 12. The van der Waals surface area contributed by atoms with E-state index in [0.29, 0.717) is 0 Å². The molecule has 4 aromatic rings. The molecule has 0 bridgehead atoms. The van der Waals surface area contributed by atoms with Crippen LogP contribution in [0, 0.1) is 6.92 Å². The normalized spacial score (nSPS) is 12.0. The second kappa shape index (κ2) is 11.7. The van der Waals surface area contributed by atoms with E-state index in [-0.39, 0.29) is 50.3 Å². The monoisotopic (exact) mass is 576 g/mol. The third-order valence-electron chi connectivity index (χ3n) is 5.36. The predicted molar refractivity (Wildman–Crippen MR) is 145 cm³/mol. The van der Waals surface area contributed by atoms with E-state index >= 15 is 0 Å². The molecule has 0 spiro atoms. The summed E-state index contributed by atoms with van der Waals surface area (Å²) in [5.41, 5.74) is 0.710. The molecule has 0 fully saturated rings. The summed E-state index contributed by atoms with van der Waals surface area (Å²) in [5, 5.41) is 63.4. The average molecular weight is 577 g/mol. The van der Waals surface area contributed by atoms with Crippen LogP contribution < -0.4 is 0 Å². The Hall–Kier alpha value is -5.54. The van der Waals surface area contributed by atoms with Gasteiger partial charge in [0.15, 0.2) is 0 Å². The minimum absolute atomic E-state index is 0.0886. The molecule has 0 heterocycles. The van der Waals surface area contributed by atoms with Gasteiger partial charge in [0.05, 0.1) is 21.8 Å². The third kappa shape index (κ3) is 7.11. The summed E-state index contributed by atoms with van der Waals surface area (Å²) in [6.07, 6.45) is 0. The summed E-state index contributed by atoms with van der Waals surface area (Å²) in [4.78, 5) is 11.5. The van der Waals surface area contributed by atoms with Gasteiger partial charge in [-0.1, -0.05) is 6.07 Å². The lowest BCUT2D eigenvalue weighted by Gasteiger charge is -2.04. The van der Waals surface area contributed by atoms with Gasteiger partial charge in [-0.05, 0) is 67.1 Å². The number of carboxylic acid groups (broad SMARTS) is 1. The molecule has 14 nitrogen and oxygen atoms in total. The zero-order valence-electron chi connectivity index (χ0n) is 21.0. The maximum absolute atomic E-state index is 11.8. The number of aromatic hydroxyl groups is 3. The Bertz CT molecular complexity index is 1840. The van der Waals surface area contributed by atoms with Crippen LogP contribution >= 0.6 is 0 Å². The molecule has 0 saturated heterocycles. The fourth-order valence-electron chi connectivity index (χ4n) is 3.29. The lowest BCUT2D eigenvalue weighted by Crippen LogP contribution is -1.96. The van der Waals surface area contributed by atoms with Crippen LogP contribution in [0.25, 0.3) is 0 Å². The van der Waals surface area contributed by atoms with E-state index in [9.17, 15) is 33.6 Å². The van der Waals surface area contributed by atoms with Crippen LogP contribution in [0.5, 0.6) is 17.2 Å². The van der Waals surface area contributed by atoms with Gasteiger partial charge in [0, 0.05) is 12.1 Å². The maximum atomic E-state index is 11.8. The van der Waals surface area contributed by atoms with Crippen molar-refractivity contribution in [3.05, 3.63) is 83.9 Å². The second-order valence-corrected chi connectivity index (χ2v) is 9.82. The fraction of sp³-hybridized carbons (Fsp3) is 0.0385. The minimum atomic E-state index is -4.36. The molecule has 5 N–H and O–H groups in total. The van der Waals surface area contributed by atoms with Crippen LogP contribution in [0.1, 0.15) is 15.9 Å². The van der Waals surface area contributed by atoms with Crippen molar-refractivity contribution >= 4 is 50.2 Å². The largest absolute Gasteiger partial charge is 0.506 e. The third-order valence-corrected chi connectivity index (χ3v) is 6.23. The van der Waals surface area contributed by atoms with Crippen LogP contribution in [-0.2, 0) is 10.1 Å². The molecule has 0 atom stereocenters. The van der Waals surface area contributed by atoms with Crippen molar-refractivity contribution in [2.24, 2.45) is 30.7 Å². The zero-order chi connectivity index (χ0) is 29.7. The van der Waals surface area contributed by atoms with Gasteiger partial charge in [0.1, 0.15) is 40.0 Å². The first-order chi connectivity index (χ1) is 19.4. The molecule has 0 aliphatic carbocycles. The second-order valence-electron chi connectivity index (χ2n) is 8.40. The number of rotatable bonds is 8. The Labute approximate surface area is 232 Å². The number of carboxylic acids is 1. The molecular weight excluding hydrogens is 556 g/mol. The van der Waals surface area contributed by atoms with Gasteiger partial charge in [0.25, 0.3) is 10.1 Å². The number of aromatic carboxylic acids is 1. The molecule has 0 aromatic heterocycles. The number of phenolic OH excluding ortho intramolecular Hbond substituents is 3. The standard InChI is InChI=1S/C26H20N6O8S/c1-14-2-9-23(33)20(10-14)30-32-22-12-21(24(34)13-25(22)35)31-29-19-8-5-16(11-18(19)26(36)37)28-27-15-3-6-17(7-4-15)41(38,39)40/h2-13,33-35H,1H3,(H,36,37)(H,38,39,40). The lowest BCUT2D eigenvalue weighted by atomic mass is 10.1. The van der Waals surface area contributed by atoms with Gasteiger partial charge in [-0.15, -0.1) is 20.5 Å². The van der Waals surface area contributed by atoms with E-state index in [0.717, 1.165) is 23.8 Å². The lowest BCUT2D eigenvalue weighted by molar-refractivity contribution is 0.0697. The quantitative estimate of drug-likeness (QED) is 0.105. The number of aryl methyl sites for hydroxylation is 1. The smallest absolute Gasteiger partial charge is 0.338 e. The molecule has 208 valence electrons. The van der Waals surface area contributed by atoms with Crippen LogP contribution in [0.3, 0.4) is 0 Å². The van der Waals surface area contributed by atoms with Crippen LogP contribution in [0.4, 0.5) is 34.1 Å². The highest BCUT2D eigenvalue weighted by Crippen LogP contribution is 2.40. The molecule has 0 saturated carbocycles. The van der Waals surface area contributed by atoms with Crippen molar-refractivity contribution in [3.8, 4) is 17.2 Å². The van der Waals surface area contributed by atoms with Gasteiger partial charge < -0.3 is 20.4 Å². The first-order valence-corrected chi connectivity index (χ1v) is 12.9. The molecule has 0 aliphatic heterocycles. The number of carbonyl (C=O) groups is 1. The van der Waals surface area contributed by atoms with E-state index in [1.54, 1.807) is 19.1 Å². The van der Waals surface area contributed by atoms with Gasteiger partial charge in [-0.2, -0.15) is 18.6 Å². The number of benzene rings is 4. The SMILES string of the molecule is Cc1ccc(O)c(N=Nc2cc(N=Nc3ccc(N=Nc4ccc(S(=O)(=O)O)cc4)cc3C(=O)O)c(O)cc2O)c1. The molecule has 0 radical (unpaired) electrons. The van der Waals surface area contributed by atoms with E-state index in [1.165, 1.54) is 42.5 Å². The van der Waals surface area contributed by atoms with E-state index in [2.05, 4.69) is 30.7 Å². The molecule has 0 unspecified atom stereocenters. The Morgan fingerprint density at radius 2 is 1.15 bits per heavy atom. The van der Waals surface area contributed by atoms with Gasteiger partial charge >= 0.3 is 5.97 Å². The molecule has 4 rings (SSSR count). The van der Waals surface area contributed by atoms with Gasteiger partial charge in [0.2, 0.25) is 0 Å². The summed E-state index contributed by atoms with van der Waals surface area (Å²) in [7, 11) is -4.36. The van der Waals surface area contributed by atoms with Crippen LogP contribution in [0.15, 0.2) is 108 Å². The first-order valence-electron chi connectivity index (χ1n) is 11.5. The Morgan fingerprint density at radius 1 is 0.610 bits per heavy atom. The summed E-state index contributed by atoms with van der Waals surface area (Å²) in [6.45, 7) is 1.80. The van der Waals surface area contributed by atoms with Crippen molar-refractivity contribution < 1.29 is 38.2 Å². The maximum Gasteiger partial charge on any atom is 0.338 e. The Balaban J connectivity index is 1.59. The first kappa shape index (κ1) is 28.5. The summed E-state index contributed by atoms with van der Waals surface area (Å²) in [5.74, 6) is -2.37. The van der Waals surface area contributed by atoms with E-state index in [4.69, 9.17) is 4.55 Å². The molecule has 0 amide bonds. The minimum Gasteiger partial charge on any atom is -0.506 e. The Morgan fingerprint density at radius 3 is 1.73 bits per heavy atom. The molecule has 4 aromatic carbocycles. The number of hydrogen-bond donors (Lipinski definition) is 5. The topological polar surface area (TPSA) is 227 Å². The van der Waals surface area contributed by atoms with Crippen LogP contribution in [0.2, 0.25) is 0 Å². The number of nitrogens with zero attached hydrogens (tertiary/aromatic N) is 6.